The lowest BCUT2D eigenvalue weighted by molar-refractivity contribution is -0.132. The van der Waals surface area contributed by atoms with Crippen LogP contribution in [0.2, 0.25) is 0 Å². The smallest absolute Gasteiger partial charge is 0.300 e. The first-order valence-corrected chi connectivity index (χ1v) is 9.06. The lowest BCUT2D eigenvalue weighted by Crippen LogP contribution is -2.29. The second-order valence-corrected chi connectivity index (χ2v) is 6.78. The molecule has 1 N–H and O–H groups in total. The predicted octanol–water partition coefficient (Wildman–Crippen LogP) is 4.62. The van der Waals surface area contributed by atoms with Gasteiger partial charge in [-0.05, 0) is 24.6 Å². The number of amides is 1. The Morgan fingerprint density at radius 2 is 1.39 bits per heavy atom. The molecule has 1 atom stereocenters. The Morgan fingerprint density at radius 3 is 2.00 bits per heavy atom. The number of aryl methyl sites for hydroxylation is 1. The van der Waals surface area contributed by atoms with E-state index < -0.39 is 17.7 Å². The van der Waals surface area contributed by atoms with Crippen LogP contribution in [0.15, 0.2) is 90.5 Å². The number of carbonyl (C=O) groups excluding carboxylic acids is 2. The van der Waals surface area contributed by atoms with Gasteiger partial charge in [-0.3, -0.25) is 14.5 Å². The van der Waals surface area contributed by atoms with Crippen molar-refractivity contribution < 1.29 is 14.7 Å². The molecule has 138 valence electrons. The van der Waals surface area contributed by atoms with Crippen LogP contribution < -0.4 is 4.90 Å². The highest BCUT2D eigenvalue weighted by atomic mass is 16.3. The van der Waals surface area contributed by atoms with Crippen molar-refractivity contribution in [1.29, 1.82) is 0 Å². The lowest BCUT2D eigenvalue weighted by atomic mass is 9.95. The van der Waals surface area contributed by atoms with Crippen molar-refractivity contribution in [2.75, 3.05) is 4.90 Å². The van der Waals surface area contributed by atoms with Gasteiger partial charge in [-0.25, -0.2) is 0 Å². The predicted molar refractivity (Wildman–Crippen MR) is 109 cm³/mol. The third-order valence-corrected chi connectivity index (χ3v) is 4.92. The van der Waals surface area contributed by atoms with E-state index in [2.05, 4.69) is 0 Å². The first-order chi connectivity index (χ1) is 13.6. The Bertz CT molecular complexity index is 1050. The fraction of sp³-hybridized carbons (Fsp3) is 0.0833. The van der Waals surface area contributed by atoms with E-state index in [0.717, 1.165) is 11.1 Å². The van der Waals surface area contributed by atoms with E-state index in [4.69, 9.17) is 0 Å². The molecular weight excluding hydrogens is 350 g/mol. The van der Waals surface area contributed by atoms with Crippen molar-refractivity contribution in [3.05, 3.63) is 107 Å². The number of hydrogen-bond acceptors (Lipinski definition) is 3. The number of carbonyl (C=O) groups is 2. The molecule has 3 aromatic rings. The molecule has 0 bridgehead atoms. The summed E-state index contributed by atoms with van der Waals surface area (Å²) in [5, 5.41) is 10.9. The molecule has 1 fully saturated rings. The van der Waals surface area contributed by atoms with Crippen LogP contribution in [0.5, 0.6) is 0 Å². The summed E-state index contributed by atoms with van der Waals surface area (Å²) in [6.45, 7) is 1.96. The van der Waals surface area contributed by atoms with Crippen LogP contribution in [0.3, 0.4) is 0 Å². The summed E-state index contributed by atoms with van der Waals surface area (Å²) < 4.78 is 0. The fourth-order valence-corrected chi connectivity index (χ4v) is 3.51. The minimum Gasteiger partial charge on any atom is -0.507 e. The van der Waals surface area contributed by atoms with E-state index in [-0.39, 0.29) is 11.3 Å². The maximum Gasteiger partial charge on any atom is 0.300 e. The summed E-state index contributed by atoms with van der Waals surface area (Å²) in [6.07, 6.45) is 0. The van der Waals surface area contributed by atoms with Crippen LogP contribution in [0.4, 0.5) is 5.69 Å². The van der Waals surface area contributed by atoms with E-state index in [0.29, 0.717) is 11.3 Å². The van der Waals surface area contributed by atoms with Crippen molar-refractivity contribution in [1.82, 2.24) is 0 Å². The molecule has 0 unspecified atom stereocenters. The van der Waals surface area contributed by atoms with Crippen LogP contribution in [0, 0.1) is 6.92 Å². The second kappa shape index (κ2) is 7.16. The number of anilines is 1. The lowest BCUT2D eigenvalue weighted by Gasteiger charge is -2.25. The zero-order chi connectivity index (χ0) is 19.7. The van der Waals surface area contributed by atoms with Crippen molar-refractivity contribution in [3.63, 3.8) is 0 Å². The van der Waals surface area contributed by atoms with Gasteiger partial charge in [0.2, 0.25) is 0 Å². The van der Waals surface area contributed by atoms with Gasteiger partial charge in [-0.2, -0.15) is 0 Å². The number of hydrogen-bond donors (Lipinski definition) is 1. The Morgan fingerprint density at radius 1 is 0.821 bits per heavy atom. The molecule has 1 aliphatic heterocycles. The van der Waals surface area contributed by atoms with Crippen molar-refractivity contribution >= 4 is 23.1 Å². The molecule has 0 saturated carbocycles. The number of rotatable bonds is 3. The minimum atomic E-state index is -0.691. The first-order valence-electron chi connectivity index (χ1n) is 9.06. The molecule has 28 heavy (non-hydrogen) atoms. The standard InChI is InChI=1S/C24H19NO3/c1-16-12-14-19(15-13-16)25-21(17-8-4-2-5-9-17)20(23(27)24(25)28)22(26)18-10-6-3-7-11-18/h2-15,21,26H,1H3/t21-/m0/s1. The van der Waals surface area contributed by atoms with E-state index in [1.165, 1.54) is 4.90 Å². The molecule has 1 saturated heterocycles. The van der Waals surface area contributed by atoms with Crippen LogP contribution in [0.1, 0.15) is 22.7 Å². The largest absolute Gasteiger partial charge is 0.507 e. The molecule has 0 aliphatic carbocycles. The average Bonchev–Trinajstić information content (AvgIpc) is 3.00. The summed E-state index contributed by atoms with van der Waals surface area (Å²) in [4.78, 5) is 27.4. The molecule has 1 aliphatic rings. The quantitative estimate of drug-likeness (QED) is 0.416. The fourth-order valence-electron chi connectivity index (χ4n) is 3.51. The summed E-state index contributed by atoms with van der Waals surface area (Å²) >= 11 is 0. The molecule has 1 heterocycles. The van der Waals surface area contributed by atoms with Gasteiger partial charge in [0.15, 0.2) is 0 Å². The van der Waals surface area contributed by atoms with Gasteiger partial charge in [-0.1, -0.05) is 78.4 Å². The van der Waals surface area contributed by atoms with Gasteiger partial charge in [0.1, 0.15) is 5.76 Å². The van der Waals surface area contributed by atoms with Crippen LogP contribution in [-0.2, 0) is 9.59 Å². The molecular formula is C24H19NO3. The molecule has 4 rings (SSSR count). The Kier molecular flexibility index (Phi) is 4.53. The first kappa shape index (κ1) is 17.7. The number of Topliss-reactive ketones (excluding diaryl/α,β-unsaturated/α-hetero) is 1. The zero-order valence-electron chi connectivity index (χ0n) is 15.4. The summed E-state index contributed by atoms with van der Waals surface area (Å²) in [5.41, 5.74) is 3.04. The van der Waals surface area contributed by atoms with Gasteiger partial charge in [0.25, 0.3) is 11.7 Å². The second-order valence-electron chi connectivity index (χ2n) is 6.78. The molecule has 1 amide bonds. The Labute approximate surface area is 163 Å². The molecule has 3 aromatic carbocycles. The monoisotopic (exact) mass is 369 g/mol. The number of aliphatic hydroxyl groups excluding tert-OH is 1. The van der Waals surface area contributed by atoms with E-state index >= 15 is 0 Å². The van der Waals surface area contributed by atoms with Gasteiger partial charge >= 0.3 is 0 Å². The van der Waals surface area contributed by atoms with E-state index in [9.17, 15) is 14.7 Å². The summed E-state index contributed by atoms with van der Waals surface area (Å²) in [6, 6.07) is 24.9. The maximum absolute atomic E-state index is 13.0. The number of benzene rings is 3. The van der Waals surface area contributed by atoms with E-state index in [1.807, 2.05) is 67.6 Å². The van der Waals surface area contributed by atoms with E-state index in [1.54, 1.807) is 24.3 Å². The SMILES string of the molecule is Cc1ccc(N2C(=O)C(=O)C(=C(O)c3ccccc3)[C@@H]2c2ccccc2)cc1. The topological polar surface area (TPSA) is 57.6 Å². The van der Waals surface area contributed by atoms with Crippen molar-refractivity contribution in [3.8, 4) is 0 Å². The third kappa shape index (κ3) is 2.99. The number of nitrogens with zero attached hydrogens (tertiary/aromatic N) is 1. The van der Waals surface area contributed by atoms with Crippen molar-refractivity contribution in [2.24, 2.45) is 0 Å². The van der Waals surface area contributed by atoms with Gasteiger partial charge in [-0.15, -0.1) is 0 Å². The normalized spacial score (nSPS) is 18.5. The summed E-state index contributed by atoms with van der Waals surface area (Å²) in [5.74, 6) is -1.49. The van der Waals surface area contributed by atoms with Gasteiger partial charge in [0, 0.05) is 11.3 Å². The van der Waals surface area contributed by atoms with Gasteiger partial charge in [0.05, 0.1) is 11.6 Å². The zero-order valence-corrected chi connectivity index (χ0v) is 15.4. The van der Waals surface area contributed by atoms with Crippen LogP contribution in [0.25, 0.3) is 5.76 Å². The highest BCUT2D eigenvalue weighted by molar-refractivity contribution is 6.51. The minimum absolute atomic E-state index is 0.1000. The third-order valence-electron chi connectivity index (χ3n) is 4.92. The molecule has 4 nitrogen and oxygen atoms in total. The molecule has 0 spiro atoms. The maximum atomic E-state index is 13.0. The van der Waals surface area contributed by atoms with Crippen LogP contribution >= 0.6 is 0 Å². The Balaban J connectivity index is 1.94. The summed E-state index contributed by atoms with van der Waals surface area (Å²) in [7, 11) is 0. The Hall–Kier alpha value is -3.66. The highest BCUT2D eigenvalue weighted by Crippen LogP contribution is 2.41. The molecule has 0 radical (unpaired) electrons. The van der Waals surface area contributed by atoms with Crippen LogP contribution in [-0.4, -0.2) is 16.8 Å². The number of ketones is 1. The number of aliphatic hydroxyl groups is 1. The van der Waals surface area contributed by atoms with Gasteiger partial charge < -0.3 is 5.11 Å². The van der Waals surface area contributed by atoms with Crippen molar-refractivity contribution in [2.45, 2.75) is 13.0 Å². The average molecular weight is 369 g/mol. The molecule has 0 aromatic heterocycles. The molecule has 4 heteroatoms. The highest BCUT2D eigenvalue weighted by Gasteiger charge is 2.46.